The lowest BCUT2D eigenvalue weighted by Crippen LogP contribution is -2.43. The molecular weight excluding hydrogens is 391 g/mol. The second kappa shape index (κ2) is 9.96. The van der Waals surface area contributed by atoms with Crippen LogP contribution in [0.3, 0.4) is 0 Å². The van der Waals surface area contributed by atoms with Crippen LogP contribution in [0.4, 0.5) is 10.1 Å². The van der Waals surface area contributed by atoms with Gasteiger partial charge in [-0.2, -0.15) is 0 Å². The Labute approximate surface area is 173 Å². The van der Waals surface area contributed by atoms with Crippen molar-refractivity contribution in [2.45, 2.75) is 44.7 Å². The molecule has 8 heteroatoms. The summed E-state index contributed by atoms with van der Waals surface area (Å²) in [4.78, 5) is 36.2. The van der Waals surface area contributed by atoms with Gasteiger partial charge in [-0.05, 0) is 42.7 Å². The van der Waals surface area contributed by atoms with Gasteiger partial charge in [-0.25, -0.2) is 4.39 Å². The van der Waals surface area contributed by atoms with Gasteiger partial charge in [0.05, 0.1) is 4.92 Å². The molecule has 1 amide bonds. The molecule has 7 nitrogen and oxygen atoms in total. The second-order valence-electron chi connectivity index (χ2n) is 7.33. The highest BCUT2D eigenvalue weighted by Gasteiger charge is 2.27. The Morgan fingerprint density at radius 2 is 1.87 bits per heavy atom. The SMILES string of the molecule is O=Cc1ccc(OCC(=O)N(Cc2ccc(F)cc2)C2CCCCC2)c([N+](=O)[O-])c1. The lowest BCUT2D eigenvalue weighted by molar-refractivity contribution is -0.385. The number of ether oxygens (including phenoxy) is 1. The lowest BCUT2D eigenvalue weighted by Gasteiger charge is -2.34. The minimum absolute atomic E-state index is 0.0485. The van der Waals surface area contributed by atoms with E-state index in [2.05, 4.69) is 0 Å². The van der Waals surface area contributed by atoms with Crippen LogP contribution >= 0.6 is 0 Å². The van der Waals surface area contributed by atoms with E-state index in [1.165, 1.54) is 24.3 Å². The molecule has 0 bridgehead atoms. The Hall–Kier alpha value is -3.29. The molecule has 3 rings (SSSR count). The molecule has 0 aromatic heterocycles. The van der Waals surface area contributed by atoms with Crippen LogP contribution in [0.25, 0.3) is 0 Å². The summed E-state index contributed by atoms with van der Waals surface area (Å²) in [5.74, 6) is -0.701. The molecule has 1 aliphatic rings. The number of hydrogen-bond donors (Lipinski definition) is 0. The number of amides is 1. The molecule has 0 saturated heterocycles. The molecule has 0 heterocycles. The third-order valence-corrected chi connectivity index (χ3v) is 5.27. The average molecular weight is 414 g/mol. The lowest BCUT2D eigenvalue weighted by atomic mass is 9.93. The number of halogens is 1. The third-order valence-electron chi connectivity index (χ3n) is 5.27. The Kier molecular flexibility index (Phi) is 7.11. The number of benzene rings is 2. The van der Waals surface area contributed by atoms with Gasteiger partial charge in [0, 0.05) is 24.2 Å². The maximum Gasteiger partial charge on any atom is 0.311 e. The molecule has 158 valence electrons. The fraction of sp³-hybridized carbons (Fsp3) is 0.364. The molecule has 0 N–H and O–H groups in total. The van der Waals surface area contributed by atoms with Crippen LogP contribution in [-0.2, 0) is 11.3 Å². The van der Waals surface area contributed by atoms with Crippen LogP contribution in [-0.4, -0.2) is 34.7 Å². The van der Waals surface area contributed by atoms with Crippen LogP contribution in [0.2, 0.25) is 0 Å². The van der Waals surface area contributed by atoms with Crippen molar-refractivity contribution < 1.29 is 23.6 Å². The number of nitro groups is 1. The quantitative estimate of drug-likeness (QED) is 0.365. The van der Waals surface area contributed by atoms with Crippen LogP contribution in [0.15, 0.2) is 42.5 Å². The van der Waals surface area contributed by atoms with Crippen molar-refractivity contribution in [3.05, 3.63) is 69.5 Å². The number of carbonyl (C=O) groups excluding carboxylic acids is 2. The van der Waals surface area contributed by atoms with E-state index in [0.29, 0.717) is 12.8 Å². The fourth-order valence-corrected chi connectivity index (χ4v) is 3.69. The van der Waals surface area contributed by atoms with Crippen molar-refractivity contribution in [2.75, 3.05) is 6.61 Å². The summed E-state index contributed by atoms with van der Waals surface area (Å²) in [7, 11) is 0. The molecule has 1 fully saturated rings. The molecule has 0 spiro atoms. The number of nitro benzene ring substituents is 1. The summed E-state index contributed by atoms with van der Waals surface area (Å²) >= 11 is 0. The third kappa shape index (κ3) is 5.40. The average Bonchev–Trinajstić information content (AvgIpc) is 2.77. The minimum Gasteiger partial charge on any atom is -0.477 e. The van der Waals surface area contributed by atoms with Crippen LogP contribution in [0.1, 0.15) is 48.0 Å². The maximum atomic E-state index is 13.2. The van der Waals surface area contributed by atoms with E-state index in [1.54, 1.807) is 17.0 Å². The molecule has 1 saturated carbocycles. The van der Waals surface area contributed by atoms with E-state index in [-0.39, 0.29) is 41.4 Å². The number of carbonyl (C=O) groups is 2. The van der Waals surface area contributed by atoms with Crippen LogP contribution < -0.4 is 4.74 Å². The highest BCUT2D eigenvalue weighted by Crippen LogP contribution is 2.28. The van der Waals surface area contributed by atoms with Gasteiger partial charge in [0.1, 0.15) is 12.1 Å². The first-order valence-corrected chi connectivity index (χ1v) is 9.88. The smallest absolute Gasteiger partial charge is 0.311 e. The van der Waals surface area contributed by atoms with Crippen LogP contribution in [0.5, 0.6) is 5.75 Å². The largest absolute Gasteiger partial charge is 0.477 e. The molecular formula is C22H23FN2O5. The van der Waals surface area contributed by atoms with E-state index in [4.69, 9.17) is 4.74 Å². The summed E-state index contributed by atoms with van der Waals surface area (Å²) in [5.41, 5.74) is 0.590. The van der Waals surface area contributed by atoms with E-state index < -0.39 is 4.92 Å². The predicted octanol–water partition coefficient (Wildman–Crippen LogP) is 4.29. The summed E-state index contributed by atoms with van der Waals surface area (Å²) in [5, 5.41) is 11.3. The second-order valence-corrected chi connectivity index (χ2v) is 7.33. The summed E-state index contributed by atoms with van der Waals surface area (Å²) < 4.78 is 18.7. The molecule has 1 aliphatic carbocycles. The summed E-state index contributed by atoms with van der Waals surface area (Å²) in [6, 6.07) is 9.87. The van der Waals surface area contributed by atoms with E-state index in [9.17, 15) is 24.1 Å². The number of nitrogens with zero attached hydrogens (tertiary/aromatic N) is 2. The van der Waals surface area contributed by atoms with Gasteiger partial charge >= 0.3 is 5.69 Å². The van der Waals surface area contributed by atoms with Gasteiger partial charge in [0.15, 0.2) is 12.4 Å². The first-order chi connectivity index (χ1) is 14.5. The molecule has 2 aromatic rings. The first kappa shape index (κ1) is 21.4. The van der Waals surface area contributed by atoms with Crippen molar-refractivity contribution in [3.63, 3.8) is 0 Å². The van der Waals surface area contributed by atoms with E-state index in [1.807, 2.05) is 0 Å². The van der Waals surface area contributed by atoms with Crippen LogP contribution in [0, 0.1) is 15.9 Å². The van der Waals surface area contributed by atoms with Crippen molar-refractivity contribution in [3.8, 4) is 5.75 Å². The first-order valence-electron chi connectivity index (χ1n) is 9.88. The van der Waals surface area contributed by atoms with Gasteiger partial charge < -0.3 is 9.64 Å². The topological polar surface area (TPSA) is 89.8 Å². The van der Waals surface area contributed by atoms with Gasteiger partial charge in [0.2, 0.25) is 0 Å². The number of hydrogen-bond acceptors (Lipinski definition) is 5. The summed E-state index contributed by atoms with van der Waals surface area (Å²) in [6.07, 6.45) is 5.44. The fourth-order valence-electron chi connectivity index (χ4n) is 3.69. The zero-order chi connectivity index (χ0) is 21.5. The number of rotatable bonds is 8. The monoisotopic (exact) mass is 414 g/mol. The Bertz CT molecular complexity index is 910. The zero-order valence-corrected chi connectivity index (χ0v) is 16.5. The van der Waals surface area contributed by atoms with Crippen molar-refractivity contribution >= 4 is 17.9 Å². The highest BCUT2D eigenvalue weighted by atomic mass is 19.1. The molecule has 0 radical (unpaired) electrons. The molecule has 0 atom stereocenters. The molecule has 0 aliphatic heterocycles. The standard InChI is InChI=1S/C22H23FN2O5/c23-18-9-6-16(7-10-18)13-24(19-4-2-1-3-5-19)22(27)15-30-21-11-8-17(14-26)12-20(21)25(28)29/h6-12,14,19H,1-5,13,15H2. The minimum atomic E-state index is -0.649. The number of aldehydes is 1. The molecule has 0 unspecified atom stereocenters. The summed E-state index contributed by atoms with van der Waals surface area (Å²) in [6.45, 7) is -0.0434. The highest BCUT2D eigenvalue weighted by molar-refractivity contribution is 5.79. The van der Waals surface area contributed by atoms with Crippen molar-refractivity contribution in [1.29, 1.82) is 0 Å². The molecule has 30 heavy (non-hydrogen) atoms. The van der Waals surface area contributed by atoms with Crippen molar-refractivity contribution in [1.82, 2.24) is 4.90 Å². The van der Waals surface area contributed by atoms with E-state index >= 15 is 0 Å². The van der Waals surface area contributed by atoms with Crippen molar-refractivity contribution in [2.24, 2.45) is 0 Å². The zero-order valence-electron chi connectivity index (χ0n) is 16.5. The molecule has 2 aromatic carbocycles. The van der Waals surface area contributed by atoms with Gasteiger partial charge in [-0.15, -0.1) is 0 Å². The Morgan fingerprint density at radius 3 is 2.50 bits per heavy atom. The predicted molar refractivity (Wildman–Crippen MR) is 108 cm³/mol. The van der Waals surface area contributed by atoms with E-state index in [0.717, 1.165) is 43.7 Å². The Morgan fingerprint density at radius 1 is 1.17 bits per heavy atom. The maximum absolute atomic E-state index is 13.2. The van der Waals surface area contributed by atoms with Gasteiger partial charge in [-0.1, -0.05) is 31.4 Å². The van der Waals surface area contributed by atoms with Gasteiger partial charge in [-0.3, -0.25) is 19.7 Å². The normalized spacial score (nSPS) is 14.2. The van der Waals surface area contributed by atoms with Gasteiger partial charge in [0.25, 0.3) is 5.91 Å². The Balaban J connectivity index is 1.75.